The van der Waals surface area contributed by atoms with Crippen LogP contribution in [0.3, 0.4) is 0 Å². The molecule has 2 aromatic rings. The lowest BCUT2D eigenvalue weighted by Crippen LogP contribution is -2.00. The van der Waals surface area contributed by atoms with Gasteiger partial charge in [-0.1, -0.05) is 17.8 Å². The Balaban J connectivity index is 1.96. The third kappa shape index (κ3) is 3.74. The van der Waals surface area contributed by atoms with E-state index in [1.807, 2.05) is 6.07 Å². The molecule has 3 nitrogen and oxygen atoms in total. The number of nitrogens with one attached hydrogen (secondary N) is 2. The molecule has 0 unspecified atom stereocenters. The fourth-order valence-corrected chi connectivity index (χ4v) is 1.92. The van der Waals surface area contributed by atoms with Crippen molar-refractivity contribution in [3.8, 4) is 0 Å². The Kier molecular flexibility index (Phi) is 3.98. The van der Waals surface area contributed by atoms with Crippen LogP contribution in [0.1, 0.15) is 5.82 Å². The molecule has 0 aliphatic carbocycles. The summed E-state index contributed by atoms with van der Waals surface area (Å²) in [5.41, 5.74) is 0.798. The second kappa shape index (κ2) is 5.67. The van der Waals surface area contributed by atoms with Crippen molar-refractivity contribution >= 4 is 17.4 Å². The van der Waals surface area contributed by atoms with Crippen LogP contribution in [-0.4, -0.2) is 15.7 Å². The molecule has 90 valence electrons. The van der Waals surface area contributed by atoms with Crippen molar-refractivity contribution in [2.75, 3.05) is 5.32 Å². The molecule has 0 radical (unpaired) electrons. The summed E-state index contributed by atoms with van der Waals surface area (Å²) in [6.45, 7) is 0.537. The van der Waals surface area contributed by atoms with Crippen molar-refractivity contribution in [3.05, 3.63) is 42.5 Å². The molecular formula is C11H11F2N3S. The summed E-state index contributed by atoms with van der Waals surface area (Å²) in [5.74, 6) is -1.59. The van der Waals surface area contributed by atoms with Crippen LogP contribution < -0.4 is 5.32 Å². The molecule has 0 aliphatic heterocycles. The Labute approximate surface area is 102 Å². The first-order chi connectivity index (χ1) is 8.24. The van der Waals surface area contributed by atoms with Gasteiger partial charge >= 0.3 is 0 Å². The van der Waals surface area contributed by atoms with Gasteiger partial charge in [-0.2, -0.15) is 8.78 Å². The predicted molar refractivity (Wildman–Crippen MR) is 64.2 cm³/mol. The monoisotopic (exact) mass is 255 g/mol. The smallest absolute Gasteiger partial charge is 0.288 e. The van der Waals surface area contributed by atoms with E-state index in [1.165, 1.54) is 0 Å². The highest BCUT2D eigenvalue weighted by Gasteiger charge is 2.05. The van der Waals surface area contributed by atoms with E-state index in [0.29, 0.717) is 23.2 Å². The number of imidazole rings is 1. The lowest BCUT2D eigenvalue weighted by atomic mass is 10.3. The Bertz CT molecular complexity index is 459. The number of aromatic nitrogens is 2. The largest absolute Gasteiger partial charge is 0.378 e. The van der Waals surface area contributed by atoms with Gasteiger partial charge in [-0.25, -0.2) is 4.98 Å². The van der Waals surface area contributed by atoms with Gasteiger partial charge in [-0.3, -0.25) is 0 Å². The zero-order valence-corrected chi connectivity index (χ0v) is 9.68. The van der Waals surface area contributed by atoms with E-state index in [4.69, 9.17) is 0 Å². The molecule has 17 heavy (non-hydrogen) atoms. The normalized spacial score (nSPS) is 10.8. The standard InChI is InChI=1S/C11H11F2N3S/c12-11(13)17-9-3-1-2-8(6-9)16-7-10-14-4-5-15-10/h1-6,11,16H,7H2,(H,14,15). The topological polar surface area (TPSA) is 40.7 Å². The summed E-state index contributed by atoms with van der Waals surface area (Å²) < 4.78 is 24.4. The van der Waals surface area contributed by atoms with Crippen LogP contribution in [0.4, 0.5) is 14.5 Å². The summed E-state index contributed by atoms with van der Waals surface area (Å²) in [4.78, 5) is 7.56. The number of nitrogens with zero attached hydrogens (tertiary/aromatic N) is 1. The molecule has 0 bridgehead atoms. The number of anilines is 1. The van der Waals surface area contributed by atoms with Gasteiger partial charge in [0.15, 0.2) is 0 Å². The Morgan fingerprint density at radius 2 is 2.29 bits per heavy atom. The molecule has 1 aromatic heterocycles. The number of aromatic amines is 1. The first kappa shape index (κ1) is 11.9. The number of H-pyrrole nitrogens is 1. The number of hydrogen-bond acceptors (Lipinski definition) is 3. The van der Waals surface area contributed by atoms with E-state index in [1.54, 1.807) is 30.6 Å². The molecule has 0 saturated heterocycles. The van der Waals surface area contributed by atoms with Crippen molar-refractivity contribution in [1.29, 1.82) is 0 Å². The molecule has 6 heteroatoms. The number of hydrogen-bond donors (Lipinski definition) is 2. The molecule has 1 aromatic carbocycles. The van der Waals surface area contributed by atoms with Gasteiger partial charge in [-0.05, 0) is 18.2 Å². The SMILES string of the molecule is FC(F)Sc1cccc(NCc2ncc[nH]2)c1. The summed E-state index contributed by atoms with van der Waals surface area (Å²) >= 11 is 0.539. The first-order valence-electron chi connectivity index (χ1n) is 5.01. The Morgan fingerprint density at radius 3 is 3.00 bits per heavy atom. The zero-order valence-electron chi connectivity index (χ0n) is 8.86. The number of thioether (sulfide) groups is 1. The van der Waals surface area contributed by atoms with Crippen LogP contribution in [0.5, 0.6) is 0 Å². The lowest BCUT2D eigenvalue weighted by Gasteiger charge is -2.06. The van der Waals surface area contributed by atoms with Crippen LogP contribution in [0.15, 0.2) is 41.6 Å². The average molecular weight is 255 g/mol. The van der Waals surface area contributed by atoms with Gasteiger partial charge < -0.3 is 10.3 Å². The van der Waals surface area contributed by atoms with Gasteiger partial charge in [0, 0.05) is 23.0 Å². The van der Waals surface area contributed by atoms with Crippen LogP contribution in [0.2, 0.25) is 0 Å². The summed E-state index contributed by atoms with van der Waals surface area (Å²) in [6, 6.07) is 6.93. The minimum absolute atomic E-state index is 0.537. The van der Waals surface area contributed by atoms with Gasteiger partial charge in [-0.15, -0.1) is 0 Å². The number of halogens is 2. The second-order valence-electron chi connectivity index (χ2n) is 3.30. The maximum Gasteiger partial charge on any atom is 0.288 e. The van der Waals surface area contributed by atoms with Gasteiger partial charge in [0.2, 0.25) is 0 Å². The highest BCUT2D eigenvalue weighted by molar-refractivity contribution is 7.99. The Morgan fingerprint density at radius 1 is 1.41 bits per heavy atom. The van der Waals surface area contributed by atoms with E-state index in [2.05, 4.69) is 15.3 Å². The molecule has 2 N–H and O–H groups in total. The number of benzene rings is 1. The van der Waals surface area contributed by atoms with Crippen LogP contribution >= 0.6 is 11.8 Å². The molecule has 0 atom stereocenters. The van der Waals surface area contributed by atoms with Gasteiger partial charge in [0.25, 0.3) is 5.76 Å². The summed E-state index contributed by atoms with van der Waals surface area (Å²) in [6.07, 6.45) is 3.40. The van der Waals surface area contributed by atoms with Crippen molar-refractivity contribution in [3.63, 3.8) is 0 Å². The minimum atomic E-state index is -2.39. The lowest BCUT2D eigenvalue weighted by molar-refractivity contribution is 0.252. The second-order valence-corrected chi connectivity index (χ2v) is 4.36. The van der Waals surface area contributed by atoms with Crippen molar-refractivity contribution in [1.82, 2.24) is 9.97 Å². The molecule has 0 aliphatic rings. The molecular weight excluding hydrogens is 244 g/mol. The third-order valence-corrected chi connectivity index (χ3v) is 2.78. The van der Waals surface area contributed by atoms with Gasteiger partial charge in [0.1, 0.15) is 5.82 Å². The fourth-order valence-electron chi connectivity index (χ4n) is 1.36. The maximum atomic E-state index is 12.2. The quantitative estimate of drug-likeness (QED) is 0.805. The maximum absolute atomic E-state index is 12.2. The number of rotatable bonds is 5. The predicted octanol–water partition coefficient (Wildman–Crippen LogP) is 3.34. The van der Waals surface area contributed by atoms with Crippen LogP contribution in [0.25, 0.3) is 0 Å². The molecule has 0 spiro atoms. The molecule has 0 amide bonds. The van der Waals surface area contributed by atoms with E-state index in [0.717, 1.165) is 11.5 Å². The average Bonchev–Trinajstić information content (AvgIpc) is 2.79. The van der Waals surface area contributed by atoms with E-state index in [-0.39, 0.29) is 0 Å². The van der Waals surface area contributed by atoms with Gasteiger partial charge in [0.05, 0.1) is 6.54 Å². The van der Waals surface area contributed by atoms with E-state index in [9.17, 15) is 8.78 Å². The fraction of sp³-hybridized carbons (Fsp3) is 0.182. The van der Waals surface area contributed by atoms with Crippen LogP contribution in [0, 0.1) is 0 Å². The highest BCUT2D eigenvalue weighted by atomic mass is 32.2. The van der Waals surface area contributed by atoms with Crippen LogP contribution in [-0.2, 0) is 6.54 Å². The van der Waals surface area contributed by atoms with Crippen molar-refractivity contribution in [2.24, 2.45) is 0 Å². The van der Waals surface area contributed by atoms with E-state index >= 15 is 0 Å². The molecule has 0 saturated carbocycles. The third-order valence-electron chi connectivity index (χ3n) is 2.07. The molecule has 2 rings (SSSR count). The summed E-state index contributed by atoms with van der Waals surface area (Å²) in [7, 11) is 0. The highest BCUT2D eigenvalue weighted by Crippen LogP contribution is 2.27. The number of alkyl halides is 2. The van der Waals surface area contributed by atoms with E-state index < -0.39 is 5.76 Å². The summed E-state index contributed by atoms with van der Waals surface area (Å²) in [5, 5.41) is 3.11. The van der Waals surface area contributed by atoms with Crippen molar-refractivity contribution in [2.45, 2.75) is 17.2 Å². The van der Waals surface area contributed by atoms with Crippen molar-refractivity contribution < 1.29 is 8.78 Å². The molecule has 1 heterocycles. The zero-order chi connectivity index (χ0) is 12.1. The Hall–Kier alpha value is -1.56. The molecule has 0 fully saturated rings. The first-order valence-corrected chi connectivity index (χ1v) is 5.89. The minimum Gasteiger partial charge on any atom is -0.378 e.